The lowest BCUT2D eigenvalue weighted by molar-refractivity contribution is -0.141. The first-order valence-electron chi connectivity index (χ1n) is 10.4. The van der Waals surface area contributed by atoms with Gasteiger partial charge >= 0.3 is 6.18 Å². The maximum atomic E-state index is 12.8. The number of halogens is 3. The summed E-state index contributed by atoms with van der Waals surface area (Å²) in [6.07, 6.45) is 3.87. The summed E-state index contributed by atoms with van der Waals surface area (Å²) in [6.45, 7) is 1.90. The molecule has 1 aromatic carbocycles. The van der Waals surface area contributed by atoms with Crippen LogP contribution in [-0.2, 0) is 6.18 Å². The largest absolute Gasteiger partial charge is 0.435 e. The Morgan fingerprint density at radius 1 is 0.966 bits per heavy atom. The van der Waals surface area contributed by atoms with Crippen molar-refractivity contribution in [1.29, 1.82) is 0 Å². The third kappa shape index (κ3) is 4.75. The van der Waals surface area contributed by atoms with Gasteiger partial charge in [-0.05, 0) is 56.0 Å². The number of aromatic nitrogens is 2. The highest BCUT2D eigenvalue weighted by Crippen LogP contribution is 2.28. The molecule has 1 saturated heterocycles. The second-order valence-corrected chi connectivity index (χ2v) is 8.17. The molecule has 1 aliphatic carbocycles. The van der Waals surface area contributed by atoms with Crippen LogP contribution in [0.4, 0.5) is 18.9 Å². The van der Waals surface area contributed by atoms with E-state index in [1.165, 1.54) is 23.7 Å². The van der Waals surface area contributed by atoms with Gasteiger partial charge in [0.05, 0.1) is 5.69 Å². The Balaban J connectivity index is 1.40. The van der Waals surface area contributed by atoms with Crippen LogP contribution in [0.5, 0.6) is 0 Å². The van der Waals surface area contributed by atoms with Crippen molar-refractivity contribution < 1.29 is 13.2 Å². The molecular weight excluding hydrogens is 379 g/mol. The number of rotatable bonds is 4. The molecule has 1 aromatic heterocycles. The smallest absolute Gasteiger partial charge is 0.370 e. The molecule has 1 saturated carbocycles. The van der Waals surface area contributed by atoms with Gasteiger partial charge in [0, 0.05) is 43.1 Å². The molecular formula is C21H28F3N5. The molecule has 0 radical (unpaired) electrons. The number of nitrogens with two attached hydrogens (primary N) is 1. The second-order valence-electron chi connectivity index (χ2n) is 8.17. The van der Waals surface area contributed by atoms with Crippen LogP contribution in [0.1, 0.15) is 44.2 Å². The molecule has 5 nitrogen and oxygen atoms in total. The van der Waals surface area contributed by atoms with Crippen LogP contribution in [0, 0.1) is 0 Å². The topological polar surface area (TPSA) is 59.1 Å². The Hall–Kier alpha value is -2.06. The van der Waals surface area contributed by atoms with Crippen molar-refractivity contribution >= 4 is 5.69 Å². The van der Waals surface area contributed by atoms with Gasteiger partial charge in [0.1, 0.15) is 0 Å². The molecule has 0 amide bonds. The van der Waals surface area contributed by atoms with Gasteiger partial charge in [0.15, 0.2) is 5.69 Å². The van der Waals surface area contributed by atoms with Crippen molar-refractivity contribution in [1.82, 2.24) is 15.1 Å². The number of nitrogens with zero attached hydrogens (tertiary/aromatic N) is 3. The van der Waals surface area contributed by atoms with Crippen LogP contribution in [-0.4, -0.2) is 41.0 Å². The molecule has 1 aliphatic heterocycles. The van der Waals surface area contributed by atoms with Crippen molar-refractivity contribution in [2.45, 2.75) is 62.8 Å². The lowest BCUT2D eigenvalue weighted by Crippen LogP contribution is -2.55. The van der Waals surface area contributed by atoms with Crippen molar-refractivity contribution in [3.05, 3.63) is 42.2 Å². The number of nitrogens with one attached hydrogen (secondary N) is 1. The average molecular weight is 407 g/mol. The van der Waals surface area contributed by atoms with Gasteiger partial charge in [-0.2, -0.15) is 18.3 Å². The summed E-state index contributed by atoms with van der Waals surface area (Å²) in [6, 6.07) is 9.60. The summed E-state index contributed by atoms with van der Waals surface area (Å²) in [4.78, 5) is 2.34. The highest BCUT2D eigenvalue weighted by molar-refractivity contribution is 5.51. The summed E-state index contributed by atoms with van der Waals surface area (Å²) in [5.74, 6) is 0. The highest BCUT2D eigenvalue weighted by Gasteiger charge is 2.33. The Morgan fingerprint density at radius 2 is 1.69 bits per heavy atom. The van der Waals surface area contributed by atoms with Crippen LogP contribution in [0.25, 0.3) is 5.69 Å². The van der Waals surface area contributed by atoms with Crippen molar-refractivity contribution in [3.8, 4) is 5.69 Å². The molecule has 2 aromatic rings. The first-order chi connectivity index (χ1) is 13.9. The van der Waals surface area contributed by atoms with Crippen LogP contribution in [0.2, 0.25) is 0 Å². The number of hydrogen-bond acceptors (Lipinski definition) is 4. The molecule has 29 heavy (non-hydrogen) atoms. The predicted octanol–water partition coefficient (Wildman–Crippen LogP) is 3.72. The summed E-state index contributed by atoms with van der Waals surface area (Å²) < 4.78 is 39.5. The molecule has 4 rings (SSSR count). The van der Waals surface area contributed by atoms with Gasteiger partial charge in [-0.15, -0.1) is 0 Å². The monoisotopic (exact) mass is 407 g/mol. The first kappa shape index (κ1) is 20.2. The molecule has 2 heterocycles. The van der Waals surface area contributed by atoms with E-state index >= 15 is 0 Å². The van der Waals surface area contributed by atoms with Crippen LogP contribution in [0.3, 0.4) is 0 Å². The third-order valence-corrected chi connectivity index (χ3v) is 6.05. The fourth-order valence-corrected chi connectivity index (χ4v) is 4.45. The Morgan fingerprint density at radius 3 is 2.38 bits per heavy atom. The van der Waals surface area contributed by atoms with E-state index in [0.29, 0.717) is 17.8 Å². The first-order valence-corrected chi connectivity index (χ1v) is 10.4. The van der Waals surface area contributed by atoms with Gasteiger partial charge in [-0.1, -0.05) is 12.8 Å². The quantitative estimate of drug-likeness (QED) is 0.811. The summed E-state index contributed by atoms with van der Waals surface area (Å²) in [5.41, 5.74) is 7.10. The maximum Gasteiger partial charge on any atom is 0.435 e. The number of piperidine rings is 1. The maximum absolute atomic E-state index is 12.8. The molecule has 0 unspecified atom stereocenters. The molecule has 8 heteroatoms. The zero-order valence-electron chi connectivity index (χ0n) is 16.4. The molecule has 2 fully saturated rings. The van der Waals surface area contributed by atoms with E-state index in [-0.39, 0.29) is 6.04 Å². The summed E-state index contributed by atoms with van der Waals surface area (Å²) in [5, 5.41) is 7.41. The summed E-state index contributed by atoms with van der Waals surface area (Å²) >= 11 is 0. The van der Waals surface area contributed by atoms with Crippen LogP contribution < -0.4 is 16.0 Å². The number of hydrogen-bond donors (Lipinski definition) is 2. The van der Waals surface area contributed by atoms with E-state index in [1.54, 1.807) is 0 Å². The number of benzene rings is 1. The number of anilines is 1. The molecule has 0 spiro atoms. The lowest BCUT2D eigenvalue weighted by atomic mass is 9.89. The lowest BCUT2D eigenvalue weighted by Gasteiger charge is -2.39. The third-order valence-electron chi connectivity index (χ3n) is 6.05. The Labute approximate surface area is 169 Å². The molecule has 3 atom stereocenters. The SMILES string of the molecule is N[C@@H]1CCCC[C@H]1N[C@H]1CCCN(c2ccc(-n3ccc(C(F)(F)F)n3)cc2)C1. The minimum absolute atomic E-state index is 0.245. The normalized spacial score (nSPS) is 25.9. The van der Waals surface area contributed by atoms with E-state index in [0.717, 1.165) is 50.5 Å². The van der Waals surface area contributed by atoms with E-state index in [2.05, 4.69) is 15.3 Å². The van der Waals surface area contributed by atoms with Crippen molar-refractivity contribution in [2.75, 3.05) is 18.0 Å². The Bertz CT molecular complexity index is 801. The Kier molecular flexibility index (Phi) is 5.83. The fraction of sp³-hybridized carbons (Fsp3) is 0.571. The predicted molar refractivity (Wildman–Crippen MR) is 107 cm³/mol. The second kappa shape index (κ2) is 8.36. The van der Waals surface area contributed by atoms with E-state index in [1.807, 2.05) is 24.3 Å². The minimum atomic E-state index is -4.43. The molecule has 158 valence electrons. The minimum Gasteiger partial charge on any atom is -0.370 e. The van der Waals surface area contributed by atoms with Gasteiger partial charge in [-0.25, -0.2) is 4.68 Å². The van der Waals surface area contributed by atoms with E-state index < -0.39 is 11.9 Å². The van der Waals surface area contributed by atoms with E-state index in [4.69, 9.17) is 5.73 Å². The molecule has 0 bridgehead atoms. The average Bonchev–Trinajstić information content (AvgIpc) is 3.21. The van der Waals surface area contributed by atoms with Crippen LogP contribution >= 0.6 is 0 Å². The van der Waals surface area contributed by atoms with Crippen LogP contribution in [0.15, 0.2) is 36.5 Å². The van der Waals surface area contributed by atoms with Gasteiger partial charge in [0.2, 0.25) is 0 Å². The van der Waals surface area contributed by atoms with Gasteiger partial charge < -0.3 is 16.0 Å². The van der Waals surface area contributed by atoms with Gasteiger partial charge in [-0.3, -0.25) is 0 Å². The number of alkyl halides is 3. The molecule has 3 N–H and O–H groups in total. The molecule has 2 aliphatic rings. The van der Waals surface area contributed by atoms with Crippen molar-refractivity contribution in [2.24, 2.45) is 5.73 Å². The van der Waals surface area contributed by atoms with Gasteiger partial charge in [0.25, 0.3) is 0 Å². The summed E-state index contributed by atoms with van der Waals surface area (Å²) in [7, 11) is 0. The zero-order chi connectivity index (χ0) is 20.4. The van der Waals surface area contributed by atoms with Crippen molar-refractivity contribution in [3.63, 3.8) is 0 Å². The fourth-order valence-electron chi connectivity index (χ4n) is 4.45. The highest BCUT2D eigenvalue weighted by atomic mass is 19.4. The standard InChI is InChI=1S/C21H28F3N5/c22-21(23,24)20-11-13-29(27-20)17-9-7-16(8-10-17)28-12-3-4-15(14-28)26-19-6-2-1-5-18(19)25/h7-11,13,15,18-19,26H,1-6,12,14,25H2/t15-,18+,19+/m0/s1. The van der Waals surface area contributed by atoms with E-state index in [9.17, 15) is 13.2 Å². The zero-order valence-corrected chi connectivity index (χ0v) is 16.4.